The topological polar surface area (TPSA) is 29.1 Å². The van der Waals surface area contributed by atoms with Crippen LogP contribution in [0.2, 0.25) is 0 Å². The zero-order chi connectivity index (χ0) is 14.9. The summed E-state index contributed by atoms with van der Waals surface area (Å²) in [6.07, 6.45) is 1.94. The van der Waals surface area contributed by atoms with E-state index in [9.17, 15) is 13.6 Å². The number of hydrogen-bond donors (Lipinski definition) is 1. The van der Waals surface area contributed by atoms with Crippen LogP contribution in [0.3, 0.4) is 0 Å². The van der Waals surface area contributed by atoms with Gasteiger partial charge in [0.25, 0.3) is 5.91 Å². The number of halogens is 2. The summed E-state index contributed by atoms with van der Waals surface area (Å²) in [5, 5.41) is 2.66. The lowest BCUT2D eigenvalue weighted by atomic mass is 9.96. The second-order valence-electron chi connectivity index (χ2n) is 5.43. The first kappa shape index (κ1) is 13.7. The molecule has 1 N–H and O–H groups in total. The van der Waals surface area contributed by atoms with Crippen molar-refractivity contribution in [1.29, 1.82) is 0 Å². The fraction of sp³-hybridized carbons (Fsp3) is 0.235. The first-order valence-corrected chi connectivity index (χ1v) is 6.90. The van der Waals surface area contributed by atoms with E-state index in [-0.39, 0.29) is 5.41 Å². The Bertz CT molecular complexity index is 645. The molecule has 0 bridgehead atoms. The third kappa shape index (κ3) is 2.66. The molecule has 0 radical (unpaired) electrons. The number of amides is 1. The van der Waals surface area contributed by atoms with Crippen LogP contribution in [0.25, 0.3) is 0 Å². The van der Waals surface area contributed by atoms with Crippen LogP contribution in [0, 0.1) is 11.6 Å². The molecule has 0 atom stereocenters. The Labute approximate surface area is 121 Å². The maximum absolute atomic E-state index is 13.6. The smallest absolute Gasteiger partial charge is 0.257 e. The second-order valence-corrected chi connectivity index (χ2v) is 5.43. The molecule has 0 aromatic heterocycles. The van der Waals surface area contributed by atoms with E-state index in [0.717, 1.165) is 30.5 Å². The summed E-state index contributed by atoms with van der Waals surface area (Å²) < 4.78 is 27.1. The number of rotatable bonds is 4. The molecule has 1 amide bonds. The highest BCUT2D eigenvalue weighted by atomic mass is 19.1. The van der Waals surface area contributed by atoms with Gasteiger partial charge < -0.3 is 5.32 Å². The first-order valence-electron chi connectivity index (χ1n) is 6.90. The van der Waals surface area contributed by atoms with E-state index < -0.39 is 23.1 Å². The van der Waals surface area contributed by atoms with Gasteiger partial charge in [0, 0.05) is 12.0 Å². The van der Waals surface area contributed by atoms with E-state index >= 15 is 0 Å². The predicted molar refractivity (Wildman–Crippen MR) is 76.0 cm³/mol. The fourth-order valence-electron chi connectivity index (χ4n) is 2.56. The molecule has 2 nitrogen and oxygen atoms in total. The quantitative estimate of drug-likeness (QED) is 0.917. The highest BCUT2D eigenvalue weighted by molar-refractivity contribution is 5.94. The van der Waals surface area contributed by atoms with Crippen LogP contribution < -0.4 is 5.32 Å². The van der Waals surface area contributed by atoms with E-state index in [0.29, 0.717) is 6.54 Å². The molecule has 1 saturated carbocycles. The summed E-state index contributed by atoms with van der Waals surface area (Å²) in [6, 6.07) is 13.3. The minimum Gasteiger partial charge on any atom is -0.351 e. The third-order valence-electron chi connectivity index (χ3n) is 4.02. The molecule has 108 valence electrons. The van der Waals surface area contributed by atoms with Crippen molar-refractivity contribution in [3.63, 3.8) is 0 Å². The Balaban J connectivity index is 1.73. The van der Waals surface area contributed by atoms with Crippen molar-refractivity contribution in [3.8, 4) is 0 Å². The van der Waals surface area contributed by atoms with E-state index in [1.165, 1.54) is 6.07 Å². The van der Waals surface area contributed by atoms with Crippen molar-refractivity contribution in [2.45, 2.75) is 18.3 Å². The van der Waals surface area contributed by atoms with Gasteiger partial charge in [-0.15, -0.1) is 0 Å². The summed E-state index contributed by atoms with van der Waals surface area (Å²) in [5.41, 5.74) is 0.555. The van der Waals surface area contributed by atoms with Gasteiger partial charge in [0.05, 0.1) is 0 Å². The molecule has 0 spiro atoms. The third-order valence-corrected chi connectivity index (χ3v) is 4.02. The summed E-state index contributed by atoms with van der Waals surface area (Å²) in [5.74, 6) is -2.37. The Morgan fingerprint density at radius 2 is 1.62 bits per heavy atom. The Kier molecular flexibility index (Phi) is 3.45. The molecule has 1 fully saturated rings. The van der Waals surface area contributed by atoms with Crippen LogP contribution in [-0.2, 0) is 5.41 Å². The van der Waals surface area contributed by atoms with Crippen molar-refractivity contribution in [2.75, 3.05) is 6.54 Å². The standard InChI is InChI=1S/C17H15F2NO/c18-13-7-4-8-14(19)15(13)16(21)20-11-17(9-10-17)12-5-2-1-3-6-12/h1-8H,9-11H2,(H,20,21). The van der Waals surface area contributed by atoms with Crippen molar-refractivity contribution in [1.82, 2.24) is 5.32 Å². The van der Waals surface area contributed by atoms with Gasteiger partial charge in [0.1, 0.15) is 17.2 Å². The molecule has 3 rings (SSSR count). The lowest BCUT2D eigenvalue weighted by Gasteiger charge is -2.17. The highest BCUT2D eigenvalue weighted by Gasteiger charge is 2.44. The lowest BCUT2D eigenvalue weighted by molar-refractivity contribution is 0.0941. The highest BCUT2D eigenvalue weighted by Crippen LogP contribution is 2.47. The molecule has 1 aliphatic rings. The Morgan fingerprint density at radius 3 is 2.19 bits per heavy atom. The molecular formula is C17H15F2NO. The number of nitrogens with one attached hydrogen (secondary N) is 1. The summed E-state index contributed by atoms with van der Waals surface area (Å²) in [4.78, 5) is 12.0. The zero-order valence-electron chi connectivity index (χ0n) is 11.4. The van der Waals surface area contributed by atoms with Crippen LogP contribution in [0.5, 0.6) is 0 Å². The van der Waals surface area contributed by atoms with Crippen LogP contribution in [0.4, 0.5) is 8.78 Å². The van der Waals surface area contributed by atoms with Crippen LogP contribution in [0.1, 0.15) is 28.8 Å². The first-order chi connectivity index (χ1) is 10.1. The maximum atomic E-state index is 13.6. The molecule has 0 saturated heterocycles. The van der Waals surface area contributed by atoms with Gasteiger partial charge in [-0.3, -0.25) is 4.79 Å². The van der Waals surface area contributed by atoms with Crippen molar-refractivity contribution >= 4 is 5.91 Å². The Hall–Kier alpha value is -2.23. The van der Waals surface area contributed by atoms with Crippen LogP contribution in [-0.4, -0.2) is 12.5 Å². The van der Waals surface area contributed by atoms with Crippen molar-refractivity contribution in [3.05, 3.63) is 71.3 Å². The van der Waals surface area contributed by atoms with E-state index in [1.807, 2.05) is 30.3 Å². The molecule has 1 aliphatic carbocycles. The number of carbonyl (C=O) groups excluding carboxylic acids is 1. The molecule has 2 aromatic carbocycles. The molecular weight excluding hydrogens is 272 g/mol. The summed E-state index contributed by atoms with van der Waals surface area (Å²) in [7, 11) is 0. The van der Waals surface area contributed by atoms with Crippen molar-refractivity contribution in [2.24, 2.45) is 0 Å². The molecule has 4 heteroatoms. The van der Waals surface area contributed by atoms with Gasteiger partial charge in [-0.25, -0.2) is 8.78 Å². The molecule has 0 unspecified atom stereocenters. The van der Waals surface area contributed by atoms with E-state index in [4.69, 9.17) is 0 Å². The molecule has 0 heterocycles. The number of benzene rings is 2. The van der Waals surface area contributed by atoms with Gasteiger partial charge in [0.15, 0.2) is 0 Å². The summed E-state index contributed by atoms with van der Waals surface area (Å²) >= 11 is 0. The Morgan fingerprint density at radius 1 is 1.00 bits per heavy atom. The molecule has 0 aliphatic heterocycles. The van der Waals surface area contributed by atoms with Gasteiger partial charge in [-0.05, 0) is 30.5 Å². The lowest BCUT2D eigenvalue weighted by Crippen LogP contribution is -2.33. The van der Waals surface area contributed by atoms with Gasteiger partial charge in [-0.2, -0.15) is 0 Å². The normalized spacial score (nSPS) is 15.5. The van der Waals surface area contributed by atoms with E-state index in [1.54, 1.807) is 0 Å². The maximum Gasteiger partial charge on any atom is 0.257 e. The van der Waals surface area contributed by atoms with E-state index in [2.05, 4.69) is 5.32 Å². The predicted octanol–water partition coefficient (Wildman–Crippen LogP) is 3.43. The minimum absolute atomic E-state index is 0.0847. The fourth-order valence-corrected chi connectivity index (χ4v) is 2.56. The average Bonchev–Trinajstić information content (AvgIpc) is 3.27. The van der Waals surface area contributed by atoms with Gasteiger partial charge in [0.2, 0.25) is 0 Å². The SMILES string of the molecule is O=C(NCC1(c2ccccc2)CC1)c1c(F)cccc1F. The monoisotopic (exact) mass is 287 g/mol. The largest absolute Gasteiger partial charge is 0.351 e. The van der Waals surface area contributed by atoms with Crippen molar-refractivity contribution < 1.29 is 13.6 Å². The number of hydrogen-bond acceptors (Lipinski definition) is 1. The molecule has 21 heavy (non-hydrogen) atoms. The van der Waals surface area contributed by atoms with Gasteiger partial charge in [-0.1, -0.05) is 36.4 Å². The summed E-state index contributed by atoms with van der Waals surface area (Å²) in [6.45, 7) is 0.392. The average molecular weight is 287 g/mol. The van der Waals surface area contributed by atoms with Crippen LogP contribution in [0.15, 0.2) is 48.5 Å². The molecule has 2 aromatic rings. The van der Waals surface area contributed by atoms with Gasteiger partial charge >= 0.3 is 0 Å². The minimum atomic E-state index is -0.836. The van der Waals surface area contributed by atoms with Crippen LogP contribution >= 0.6 is 0 Å². The number of carbonyl (C=O) groups is 1. The second kappa shape index (κ2) is 5.28. The zero-order valence-corrected chi connectivity index (χ0v) is 11.4.